The molecule has 1 aliphatic rings. The first-order chi connectivity index (χ1) is 27.9. The van der Waals surface area contributed by atoms with Gasteiger partial charge in [0.25, 0.3) is 0 Å². The summed E-state index contributed by atoms with van der Waals surface area (Å²) in [5.41, 5.74) is 19.2. The van der Waals surface area contributed by atoms with E-state index in [1.165, 1.54) is 44.5 Å². The fourth-order valence-electron chi connectivity index (χ4n) is 9.54. The number of benzene rings is 6. The average molecular weight is 731 g/mol. The van der Waals surface area contributed by atoms with E-state index in [2.05, 4.69) is 185 Å². The van der Waals surface area contributed by atoms with Crippen LogP contribution in [0.15, 0.2) is 158 Å². The number of aryl methyl sites for hydroxylation is 4. The summed E-state index contributed by atoms with van der Waals surface area (Å²) in [4.78, 5) is 20.4. The third kappa shape index (κ3) is 5.00. The molecule has 0 spiro atoms. The van der Waals surface area contributed by atoms with E-state index in [0.717, 1.165) is 77.5 Å². The molecule has 270 valence electrons. The summed E-state index contributed by atoms with van der Waals surface area (Å²) in [7, 11) is 0. The van der Waals surface area contributed by atoms with E-state index in [0.29, 0.717) is 0 Å². The zero-order valence-electron chi connectivity index (χ0n) is 32.3. The maximum Gasteiger partial charge on any atom is 0.0972 e. The number of aromatic nitrogens is 4. The van der Waals surface area contributed by atoms with Crippen LogP contribution in [-0.2, 0) is 5.41 Å². The van der Waals surface area contributed by atoms with Crippen molar-refractivity contribution >= 4 is 43.6 Å². The molecule has 4 nitrogen and oxygen atoms in total. The summed E-state index contributed by atoms with van der Waals surface area (Å²) in [6, 6.07) is 57.4. The quantitative estimate of drug-likeness (QED) is 0.169. The Hall–Kier alpha value is -7.04. The number of hydrogen-bond donors (Lipinski definition) is 0. The molecule has 0 unspecified atom stereocenters. The van der Waals surface area contributed by atoms with Crippen molar-refractivity contribution < 1.29 is 0 Å². The van der Waals surface area contributed by atoms with Crippen molar-refractivity contribution in [3.8, 4) is 33.6 Å². The summed E-state index contributed by atoms with van der Waals surface area (Å²) in [5, 5.41) is 4.48. The summed E-state index contributed by atoms with van der Waals surface area (Å²) in [6.07, 6.45) is 0. The van der Waals surface area contributed by atoms with Crippen LogP contribution in [0, 0.1) is 27.7 Å². The second-order valence-electron chi connectivity index (χ2n) is 15.6. The third-order valence-corrected chi connectivity index (χ3v) is 12.1. The van der Waals surface area contributed by atoms with Crippen molar-refractivity contribution in [2.75, 3.05) is 0 Å². The van der Waals surface area contributed by atoms with E-state index in [4.69, 9.17) is 19.9 Å². The van der Waals surface area contributed by atoms with Gasteiger partial charge in [-0.05, 0) is 96.5 Å². The van der Waals surface area contributed by atoms with Crippen molar-refractivity contribution in [2.24, 2.45) is 0 Å². The normalized spacial score (nSPS) is 13.1. The van der Waals surface area contributed by atoms with E-state index in [9.17, 15) is 0 Å². The van der Waals surface area contributed by atoms with Crippen LogP contribution in [0.3, 0.4) is 0 Å². The van der Waals surface area contributed by atoms with Crippen LogP contribution in [0.4, 0.5) is 0 Å². The predicted octanol–water partition coefficient (Wildman–Crippen LogP) is 12.8. The van der Waals surface area contributed by atoms with Crippen LogP contribution < -0.4 is 0 Å². The molecule has 1 aliphatic carbocycles. The van der Waals surface area contributed by atoms with Gasteiger partial charge in [0.15, 0.2) is 0 Å². The van der Waals surface area contributed by atoms with Crippen LogP contribution in [0.5, 0.6) is 0 Å². The maximum atomic E-state index is 5.24. The van der Waals surface area contributed by atoms with Crippen LogP contribution in [0.2, 0.25) is 0 Å². The summed E-state index contributed by atoms with van der Waals surface area (Å²) in [5.74, 6) is 0. The number of fused-ring (bicyclic) bond motifs is 9. The van der Waals surface area contributed by atoms with E-state index in [-0.39, 0.29) is 0 Å². The highest BCUT2D eigenvalue weighted by molar-refractivity contribution is 6.05. The van der Waals surface area contributed by atoms with Crippen molar-refractivity contribution in [3.05, 3.63) is 202 Å². The zero-order chi connectivity index (χ0) is 38.4. The molecule has 0 radical (unpaired) electrons. The maximum absolute atomic E-state index is 5.24. The Labute approximate surface area is 331 Å². The molecule has 0 bridgehead atoms. The second kappa shape index (κ2) is 12.5. The lowest BCUT2D eigenvalue weighted by atomic mass is 9.67. The molecule has 0 saturated carbocycles. The lowest BCUT2D eigenvalue weighted by Crippen LogP contribution is -2.28. The van der Waals surface area contributed by atoms with Gasteiger partial charge in [0.1, 0.15) is 0 Å². The lowest BCUT2D eigenvalue weighted by Gasteiger charge is -2.34. The van der Waals surface area contributed by atoms with E-state index < -0.39 is 5.41 Å². The highest BCUT2D eigenvalue weighted by Crippen LogP contribution is 2.56. The van der Waals surface area contributed by atoms with Gasteiger partial charge in [0, 0.05) is 44.1 Å². The molecule has 4 heteroatoms. The zero-order valence-corrected chi connectivity index (χ0v) is 32.3. The van der Waals surface area contributed by atoms with Gasteiger partial charge in [-0.25, -0.2) is 9.97 Å². The number of hydrogen-bond acceptors (Lipinski definition) is 4. The minimum absolute atomic E-state index is 0.526. The SMILES string of the molecule is Cc1cc(C)c2ccc3ccc(-c4ccc(C5(c6ccc(-c7ccc8ccc9c(C)cc(C)nc9c8n7)cc6)c6ccccc6-c6ccccc65)cc4)nc3c2n1. The first-order valence-electron chi connectivity index (χ1n) is 19.6. The topological polar surface area (TPSA) is 51.6 Å². The van der Waals surface area contributed by atoms with Gasteiger partial charge >= 0.3 is 0 Å². The first kappa shape index (κ1) is 33.3. The predicted molar refractivity (Wildman–Crippen MR) is 235 cm³/mol. The fraction of sp³-hybridized carbons (Fsp3) is 0.0943. The van der Waals surface area contributed by atoms with Crippen LogP contribution in [-0.4, -0.2) is 19.9 Å². The van der Waals surface area contributed by atoms with Crippen LogP contribution in [0.25, 0.3) is 77.3 Å². The largest absolute Gasteiger partial charge is 0.251 e. The van der Waals surface area contributed by atoms with Crippen molar-refractivity contribution in [2.45, 2.75) is 33.1 Å². The molecule has 0 amide bonds. The number of pyridine rings is 4. The first-order valence-corrected chi connectivity index (χ1v) is 19.6. The molecule has 6 aromatic carbocycles. The number of nitrogens with zero attached hydrogens (tertiary/aromatic N) is 4. The molecule has 0 aliphatic heterocycles. The molecule has 0 atom stereocenters. The Bertz CT molecular complexity index is 3050. The van der Waals surface area contributed by atoms with E-state index >= 15 is 0 Å². The van der Waals surface area contributed by atoms with E-state index in [1.807, 2.05) is 0 Å². The van der Waals surface area contributed by atoms with Gasteiger partial charge in [0.2, 0.25) is 0 Å². The Balaban J connectivity index is 1.06. The van der Waals surface area contributed by atoms with Crippen LogP contribution >= 0.6 is 0 Å². The van der Waals surface area contributed by atoms with Crippen molar-refractivity contribution in [3.63, 3.8) is 0 Å². The molecule has 0 N–H and O–H groups in total. The van der Waals surface area contributed by atoms with Crippen molar-refractivity contribution in [1.82, 2.24) is 19.9 Å². The Morgan fingerprint density at radius 1 is 0.368 bits per heavy atom. The highest BCUT2D eigenvalue weighted by atomic mass is 14.8. The summed E-state index contributed by atoms with van der Waals surface area (Å²) < 4.78 is 0. The van der Waals surface area contributed by atoms with Crippen molar-refractivity contribution in [1.29, 1.82) is 0 Å². The monoisotopic (exact) mass is 730 g/mol. The van der Waals surface area contributed by atoms with Gasteiger partial charge < -0.3 is 0 Å². The molecular formula is C53H38N4. The highest BCUT2D eigenvalue weighted by Gasteiger charge is 2.45. The molecule has 4 heterocycles. The molecule has 0 saturated heterocycles. The lowest BCUT2D eigenvalue weighted by molar-refractivity contribution is 0.768. The molecule has 0 fully saturated rings. The fourth-order valence-corrected chi connectivity index (χ4v) is 9.54. The van der Waals surface area contributed by atoms with Crippen LogP contribution in [0.1, 0.15) is 44.8 Å². The number of rotatable bonds is 4. The Kier molecular flexibility index (Phi) is 7.30. The second-order valence-corrected chi connectivity index (χ2v) is 15.6. The minimum atomic E-state index is -0.526. The van der Waals surface area contributed by atoms with Gasteiger partial charge in [-0.2, -0.15) is 0 Å². The van der Waals surface area contributed by atoms with E-state index in [1.54, 1.807) is 0 Å². The smallest absolute Gasteiger partial charge is 0.0972 e. The molecule has 4 aromatic heterocycles. The van der Waals surface area contributed by atoms with Gasteiger partial charge in [0.05, 0.1) is 38.9 Å². The Morgan fingerprint density at radius 2 is 0.772 bits per heavy atom. The summed E-state index contributed by atoms with van der Waals surface area (Å²) >= 11 is 0. The molecule has 10 aromatic rings. The molecule has 11 rings (SSSR count). The van der Waals surface area contributed by atoms with Gasteiger partial charge in [-0.3, -0.25) is 9.97 Å². The molecule has 57 heavy (non-hydrogen) atoms. The standard InChI is InChI=1S/C53H38N4/c1-31-29-33(3)54-51-41(31)25-17-37-19-27-47(56-49(37)51)35-13-21-39(22-14-35)53(45-11-7-5-9-43(45)44-10-6-8-12-46(44)53)40-23-15-36(16-24-40)48-28-20-38-18-26-42-32(2)30-34(4)55-52(42)50(38)57-48/h5-30H,1-4H3. The average Bonchev–Trinajstić information content (AvgIpc) is 3.54. The minimum Gasteiger partial charge on any atom is -0.251 e. The summed E-state index contributed by atoms with van der Waals surface area (Å²) in [6.45, 7) is 8.40. The Morgan fingerprint density at radius 3 is 1.21 bits per heavy atom. The van der Waals surface area contributed by atoms with Gasteiger partial charge in [-0.1, -0.05) is 133 Å². The molecular weight excluding hydrogens is 693 g/mol. The van der Waals surface area contributed by atoms with Gasteiger partial charge in [-0.15, -0.1) is 0 Å². The third-order valence-electron chi connectivity index (χ3n) is 12.1.